The van der Waals surface area contributed by atoms with Crippen LogP contribution in [0.25, 0.3) is 11.3 Å². The topological polar surface area (TPSA) is 25.2 Å². The van der Waals surface area contributed by atoms with Crippen LogP contribution >= 0.6 is 0 Å². The first-order chi connectivity index (χ1) is 9.38. The minimum Gasteiger partial charge on any atom is -0.459 e. The van der Waals surface area contributed by atoms with Gasteiger partial charge in [0.15, 0.2) is 23.3 Å². The van der Waals surface area contributed by atoms with Gasteiger partial charge in [-0.05, 0) is 26.1 Å². The molecule has 1 atom stereocenters. The van der Waals surface area contributed by atoms with Crippen molar-refractivity contribution in [2.75, 3.05) is 7.05 Å². The van der Waals surface area contributed by atoms with Crippen LogP contribution in [-0.4, -0.2) is 7.05 Å². The summed E-state index contributed by atoms with van der Waals surface area (Å²) in [4.78, 5) is 0. The molecular formula is C13H10F5NO. The molecule has 0 radical (unpaired) electrons. The molecule has 1 N–H and O–H groups in total. The molecule has 0 fully saturated rings. The molecule has 0 aliphatic rings. The lowest BCUT2D eigenvalue weighted by Gasteiger charge is -2.07. The Kier molecular flexibility index (Phi) is 3.80. The molecule has 0 bridgehead atoms. The second-order valence-electron chi connectivity index (χ2n) is 4.16. The van der Waals surface area contributed by atoms with E-state index in [-0.39, 0.29) is 6.04 Å². The zero-order valence-electron chi connectivity index (χ0n) is 10.5. The van der Waals surface area contributed by atoms with E-state index >= 15 is 0 Å². The van der Waals surface area contributed by atoms with Gasteiger partial charge in [0.2, 0.25) is 5.82 Å². The Morgan fingerprint density at radius 3 is 1.90 bits per heavy atom. The highest BCUT2D eigenvalue weighted by atomic mass is 19.2. The van der Waals surface area contributed by atoms with Gasteiger partial charge >= 0.3 is 0 Å². The van der Waals surface area contributed by atoms with Crippen molar-refractivity contribution in [3.8, 4) is 11.3 Å². The first kappa shape index (κ1) is 14.5. The van der Waals surface area contributed by atoms with E-state index < -0.39 is 40.4 Å². The van der Waals surface area contributed by atoms with E-state index in [1.165, 1.54) is 6.07 Å². The van der Waals surface area contributed by atoms with Gasteiger partial charge in [0.1, 0.15) is 11.5 Å². The quantitative estimate of drug-likeness (QED) is 0.527. The smallest absolute Gasteiger partial charge is 0.200 e. The van der Waals surface area contributed by atoms with Crippen LogP contribution in [0, 0.1) is 29.1 Å². The molecule has 7 heteroatoms. The first-order valence-corrected chi connectivity index (χ1v) is 5.67. The summed E-state index contributed by atoms with van der Waals surface area (Å²) < 4.78 is 71.4. The summed E-state index contributed by atoms with van der Waals surface area (Å²) in [6, 6.07) is 2.28. The largest absolute Gasteiger partial charge is 0.459 e. The average Bonchev–Trinajstić information content (AvgIpc) is 2.92. The van der Waals surface area contributed by atoms with Gasteiger partial charge in [-0.25, -0.2) is 22.0 Å². The summed E-state index contributed by atoms with van der Waals surface area (Å²) >= 11 is 0. The fraction of sp³-hybridized carbons (Fsp3) is 0.231. The molecule has 0 amide bonds. The summed E-state index contributed by atoms with van der Waals surface area (Å²) in [5, 5.41) is 2.82. The maximum Gasteiger partial charge on any atom is 0.200 e. The monoisotopic (exact) mass is 291 g/mol. The molecule has 0 spiro atoms. The van der Waals surface area contributed by atoms with Crippen molar-refractivity contribution < 1.29 is 26.4 Å². The predicted octanol–water partition coefficient (Wildman–Crippen LogP) is 3.92. The van der Waals surface area contributed by atoms with Gasteiger partial charge in [-0.3, -0.25) is 0 Å². The molecule has 0 saturated carbocycles. The number of rotatable bonds is 3. The Morgan fingerprint density at radius 2 is 1.40 bits per heavy atom. The third-order valence-electron chi connectivity index (χ3n) is 2.94. The zero-order chi connectivity index (χ0) is 15.0. The molecule has 2 aromatic rings. The molecule has 1 heterocycles. The summed E-state index contributed by atoms with van der Waals surface area (Å²) in [5.74, 6) is -10.1. The van der Waals surface area contributed by atoms with Gasteiger partial charge in [-0.1, -0.05) is 0 Å². The Bertz CT molecular complexity index is 623. The van der Waals surface area contributed by atoms with E-state index in [4.69, 9.17) is 4.42 Å². The van der Waals surface area contributed by atoms with Gasteiger partial charge in [0.05, 0.1) is 11.6 Å². The van der Waals surface area contributed by atoms with Crippen molar-refractivity contribution >= 4 is 0 Å². The minimum absolute atomic E-state index is 0.273. The summed E-state index contributed by atoms with van der Waals surface area (Å²) in [6.07, 6.45) is 0. The molecular weight excluding hydrogens is 281 g/mol. The summed E-state index contributed by atoms with van der Waals surface area (Å²) in [7, 11) is 1.63. The maximum absolute atomic E-state index is 13.6. The highest BCUT2D eigenvalue weighted by molar-refractivity contribution is 5.60. The van der Waals surface area contributed by atoms with Crippen LogP contribution in [0.5, 0.6) is 0 Å². The molecule has 20 heavy (non-hydrogen) atoms. The lowest BCUT2D eigenvalue weighted by atomic mass is 10.1. The van der Waals surface area contributed by atoms with Gasteiger partial charge in [0, 0.05) is 0 Å². The third-order valence-corrected chi connectivity index (χ3v) is 2.94. The standard InChI is InChI=1S/C13H10F5NO/c1-5(19-2)6-3-4-7(20-6)8-9(14)11(16)13(18)12(17)10(8)15/h3-5,19H,1-2H3. The van der Waals surface area contributed by atoms with Crippen molar-refractivity contribution in [2.45, 2.75) is 13.0 Å². The van der Waals surface area contributed by atoms with E-state index in [2.05, 4.69) is 5.32 Å². The molecule has 0 aliphatic heterocycles. The lowest BCUT2D eigenvalue weighted by Crippen LogP contribution is -2.11. The maximum atomic E-state index is 13.6. The zero-order valence-corrected chi connectivity index (χ0v) is 10.5. The van der Waals surface area contributed by atoms with Crippen LogP contribution in [0.4, 0.5) is 22.0 Å². The predicted molar refractivity (Wildman–Crippen MR) is 61.4 cm³/mol. The lowest BCUT2D eigenvalue weighted by molar-refractivity contribution is 0.377. The average molecular weight is 291 g/mol. The summed E-state index contributed by atoms with van der Waals surface area (Å²) in [6.45, 7) is 1.71. The van der Waals surface area contributed by atoms with E-state index in [1.54, 1.807) is 14.0 Å². The Balaban J connectivity index is 2.61. The van der Waals surface area contributed by atoms with Crippen LogP contribution in [0.15, 0.2) is 16.5 Å². The van der Waals surface area contributed by atoms with E-state index in [1.807, 2.05) is 0 Å². The van der Waals surface area contributed by atoms with E-state index in [0.717, 1.165) is 6.07 Å². The van der Waals surface area contributed by atoms with Crippen LogP contribution in [0.2, 0.25) is 0 Å². The van der Waals surface area contributed by atoms with E-state index in [9.17, 15) is 22.0 Å². The SMILES string of the molecule is CNC(C)c1ccc(-c2c(F)c(F)c(F)c(F)c2F)o1. The van der Waals surface area contributed by atoms with Gasteiger partial charge in [0.25, 0.3) is 0 Å². The van der Waals surface area contributed by atoms with Crippen molar-refractivity contribution in [3.63, 3.8) is 0 Å². The molecule has 0 saturated heterocycles. The van der Waals surface area contributed by atoms with Crippen LogP contribution in [0.3, 0.4) is 0 Å². The second kappa shape index (κ2) is 5.24. The Hall–Kier alpha value is -1.89. The summed E-state index contributed by atoms with van der Waals surface area (Å²) in [5.41, 5.74) is -1.07. The molecule has 1 aromatic carbocycles. The minimum atomic E-state index is -2.20. The van der Waals surface area contributed by atoms with Crippen LogP contribution < -0.4 is 5.32 Å². The highest BCUT2D eigenvalue weighted by Crippen LogP contribution is 2.33. The fourth-order valence-corrected chi connectivity index (χ4v) is 1.68. The molecule has 108 valence electrons. The molecule has 0 aliphatic carbocycles. The molecule has 2 nitrogen and oxygen atoms in total. The van der Waals surface area contributed by atoms with Gasteiger partial charge in [-0.2, -0.15) is 0 Å². The van der Waals surface area contributed by atoms with Gasteiger partial charge < -0.3 is 9.73 Å². The molecule has 1 aromatic heterocycles. The normalized spacial score (nSPS) is 12.8. The first-order valence-electron chi connectivity index (χ1n) is 5.67. The Morgan fingerprint density at radius 1 is 0.900 bits per heavy atom. The van der Waals surface area contributed by atoms with Crippen molar-refractivity contribution in [2.24, 2.45) is 0 Å². The van der Waals surface area contributed by atoms with Crippen LogP contribution in [-0.2, 0) is 0 Å². The number of nitrogens with one attached hydrogen (secondary N) is 1. The van der Waals surface area contributed by atoms with E-state index in [0.29, 0.717) is 5.76 Å². The fourth-order valence-electron chi connectivity index (χ4n) is 1.68. The van der Waals surface area contributed by atoms with Crippen LogP contribution in [0.1, 0.15) is 18.7 Å². The second-order valence-corrected chi connectivity index (χ2v) is 4.16. The van der Waals surface area contributed by atoms with Crippen molar-refractivity contribution in [1.29, 1.82) is 0 Å². The number of benzene rings is 1. The number of halogens is 5. The van der Waals surface area contributed by atoms with Gasteiger partial charge in [-0.15, -0.1) is 0 Å². The number of hydrogen-bond acceptors (Lipinski definition) is 2. The van der Waals surface area contributed by atoms with Crippen molar-refractivity contribution in [1.82, 2.24) is 5.32 Å². The molecule has 1 unspecified atom stereocenters. The third kappa shape index (κ3) is 2.18. The number of furan rings is 1. The number of hydrogen-bond donors (Lipinski definition) is 1. The van der Waals surface area contributed by atoms with Crippen molar-refractivity contribution in [3.05, 3.63) is 47.0 Å². The highest BCUT2D eigenvalue weighted by Gasteiger charge is 2.28. The Labute approximate surface area is 111 Å². The molecule has 2 rings (SSSR count).